The summed E-state index contributed by atoms with van der Waals surface area (Å²) in [5, 5.41) is 25.7. The lowest BCUT2D eigenvalue weighted by Crippen LogP contribution is -2.36. The monoisotopic (exact) mass is 307 g/mol. The predicted molar refractivity (Wildman–Crippen MR) is 77.3 cm³/mol. The smallest absolute Gasteiger partial charge is 0.263 e. The number of hydrogen-bond acceptors (Lipinski definition) is 6. The second-order valence-electron chi connectivity index (χ2n) is 5.21. The van der Waals surface area contributed by atoms with E-state index in [1.54, 1.807) is 0 Å². The van der Waals surface area contributed by atoms with Crippen molar-refractivity contribution in [1.82, 2.24) is 25.5 Å². The van der Waals surface area contributed by atoms with Gasteiger partial charge in [0.15, 0.2) is 0 Å². The first-order valence-corrected chi connectivity index (χ1v) is 7.91. The Balaban J connectivity index is 1.65. The van der Waals surface area contributed by atoms with Crippen molar-refractivity contribution in [3.8, 4) is 5.69 Å². The van der Waals surface area contributed by atoms with Gasteiger partial charge in [-0.1, -0.05) is 12.8 Å². The molecule has 1 aliphatic carbocycles. The Labute approximate surface area is 126 Å². The van der Waals surface area contributed by atoms with E-state index < -0.39 is 0 Å². The molecule has 7 nitrogen and oxygen atoms in total. The number of aromatic nitrogens is 4. The summed E-state index contributed by atoms with van der Waals surface area (Å²) in [6.07, 6.45) is 5.14. The third kappa shape index (κ3) is 3.11. The molecule has 1 fully saturated rings. The lowest BCUT2D eigenvalue weighted by atomic mass is 9.86. The topological polar surface area (TPSA) is 92.9 Å². The zero-order chi connectivity index (χ0) is 14.7. The fourth-order valence-corrected chi connectivity index (χ4v) is 3.45. The molecule has 0 aliphatic heterocycles. The standard InChI is InChI=1S/C13H17N5O2S/c19-11-4-2-1-3-9(11)7-14-13(20)12-10(5-6-21-12)18-8-15-16-17-18/h5-6,8-9,11,19H,1-4,7H2,(H,14,20). The number of hydrogen-bond donors (Lipinski definition) is 2. The Morgan fingerprint density at radius 1 is 1.48 bits per heavy atom. The minimum atomic E-state index is -0.304. The molecule has 3 rings (SSSR count). The van der Waals surface area contributed by atoms with Gasteiger partial charge in [0.2, 0.25) is 0 Å². The quantitative estimate of drug-likeness (QED) is 0.879. The van der Waals surface area contributed by atoms with Gasteiger partial charge >= 0.3 is 0 Å². The van der Waals surface area contributed by atoms with Crippen molar-refractivity contribution in [1.29, 1.82) is 0 Å². The molecule has 2 aromatic heterocycles. The Bertz CT molecular complexity index is 597. The summed E-state index contributed by atoms with van der Waals surface area (Å²) in [7, 11) is 0. The molecule has 0 bridgehead atoms. The molecule has 2 heterocycles. The van der Waals surface area contributed by atoms with Crippen LogP contribution in [-0.2, 0) is 0 Å². The molecule has 2 unspecified atom stereocenters. The maximum Gasteiger partial charge on any atom is 0.263 e. The number of amides is 1. The summed E-state index contributed by atoms with van der Waals surface area (Å²) in [5.74, 6) is 0.00687. The molecule has 0 saturated heterocycles. The Kier molecular flexibility index (Phi) is 4.26. The fraction of sp³-hybridized carbons (Fsp3) is 0.538. The van der Waals surface area contributed by atoms with Gasteiger partial charge < -0.3 is 10.4 Å². The van der Waals surface area contributed by atoms with Crippen LogP contribution in [0.25, 0.3) is 5.69 Å². The second-order valence-corrected chi connectivity index (χ2v) is 6.13. The highest BCUT2D eigenvalue weighted by Crippen LogP contribution is 2.24. The Morgan fingerprint density at radius 2 is 2.33 bits per heavy atom. The molecule has 0 aromatic carbocycles. The zero-order valence-corrected chi connectivity index (χ0v) is 12.3. The van der Waals surface area contributed by atoms with Crippen molar-refractivity contribution in [2.24, 2.45) is 5.92 Å². The maximum absolute atomic E-state index is 12.3. The molecule has 1 amide bonds. The normalized spacial score (nSPS) is 22.1. The van der Waals surface area contributed by atoms with E-state index in [1.807, 2.05) is 11.4 Å². The van der Waals surface area contributed by atoms with Crippen molar-refractivity contribution in [3.63, 3.8) is 0 Å². The highest BCUT2D eigenvalue weighted by atomic mass is 32.1. The van der Waals surface area contributed by atoms with E-state index >= 15 is 0 Å². The van der Waals surface area contributed by atoms with Crippen molar-refractivity contribution >= 4 is 17.2 Å². The van der Waals surface area contributed by atoms with E-state index in [-0.39, 0.29) is 17.9 Å². The van der Waals surface area contributed by atoms with E-state index in [0.717, 1.165) is 25.7 Å². The molecule has 2 atom stereocenters. The summed E-state index contributed by atoms with van der Waals surface area (Å²) in [6, 6.07) is 1.81. The highest BCUT2D eigenvalue weighted by Gasteiger charge is 2.24. The first-order chi connectivity index (χ1) is 10.3. The molecule has 1 saturated carbocycles. The minimum Gasteiger partial charge on any atom is -0.393 e. The molecule has 2 N–H and O–H groups in total. The second kappa shape index (κ2) is 6.31. The van der Waals surface area contributed by atoms with Crippen LogP contribution in [0.3, 0.4) is 0 Å². The van der Waals surface area contributed by atoms with Gasteiger partial charge in [-0.2, -0.15) is 4.68 Å². The number of carbonyl (C=O) groups is 1. The lowest BCUT2D eigenvalue weighted by molar-refractivity contribution is 0.0664. The minimum absolute atomic E-state index is 0.145. The van der Waals surface area contributed by atoms with Crippen LogP contribution in [0.2, 0.25) is 0 Å². The molecule has 1 aliphatic rings. The predicted octanol–water partition coefficient (Wildman–Crippen LogP) is 1.00. The van der Waals surface area contributed by atoms with E-state index in [0.29, 0.717) is 17.1 Å². The summed E-state index contributed by atoms with van der Waals surface area (Å²) < 4.78 is 1.47. The summed E-state index contributed by atoms with van der Waals surface area (Å²) in [6.45, 7) is 0.507. The third-order valence-electron chi connectivity index (χ3n) is 3.84. The average molecular weight is 307 g/mol. The van der Waals surface area contributed by atoms with Gasteiger partial charge in [-0.05, 0) is 34.7 Å². The largest absolute Gasteiger partial charge is 0.393 e. The van der Waals surface area contributed by atoms with Gasteiger partial charge in [0.1, 0.15) is 11.2 Å². The van der Waals surface area contributed by atoms with Crippen molar-refractivity contribution in [2.75, 3.05) is 6.54 Å². The van der Waals surface area contributed by atoms with Crippen LogP contribution in [0.4, 0.5) is 0 Å². The van der Waals surface area contributed by atoms with Crippen LogP contribution in [0.1, 0.15) is 35.4 Å². The highest BCUT2D eigenvalue weighted by molar-refractivity contribution is 7.12. The van der Waals surface area contributed by atoms with Gasteiger partial charge in [0.25, 0.3) is 5.91 Å². The molecule has 8 heteroatoms. The van der Waals surface area contributed by atoms with Crippen LogP contribution in [-0.4, -0.2) is 43.9 Å². The molecule has 21 heavy (non-hydrogen) atoms. The van der Waals surface area contributed by atoms with Crippen LogP contribution >= 0.6 is 11.3 Å². The summed E-state index contributed by atoms with van der Waals surface area (Å²) in [5.41, 5.74) is 0.673. The molecule has 0 spiro atoms. The number of nitrogens with zero attached hydrogens (tertiary/aromatic N) is 4. The molecule has 0 radical (unpaired) electrons. The summed E-state index contributed by atoms with van der Waals surface area (Å²) in [4.78, 5) is 12.9. The van der Waals surface area contributed by atoms with Crippen molar-refractivity contribution < 1.29 is 9.90 Å². The van der Waals surface area contributed by atoms with Crippen LogP contribution in [0.15, 0.2) is 17.8 Å². The van der Waals surface area contributed by atoms with Gasteiger partial charge in [0, 0.05) is 12.5 Å². The molecular formula is C13H17N5O2S. The van der Waals surface area contributed by atoms with E-state index in [1.165, 1.54) is 22.3 Å². The molecule has 112 valence electrons. The van der Waals surface area contributed by atoms with E-state index in [4.69, 9.17) is 0 Å². The Morgan fingerprint density at radius 3 is 3.10 bits per heavy atom. The van der Waals surface area contributed by atoms with Gasteiger partial charge in [-0.15, -0.1) is 16.4 Å². The number of aliphatic hydroxyl groups excluding tert-OH is 1. The van der Waals surface area contributed by atoms with Crippen LogP contribution in [0, 0.1) is 5.92 Å². The van der Waals surface area contributed by atoms with Crippen LogP contribution in [0.5, 0.6) is 0 Å². The van der Waals surface area contributed by atoms with E-state index in [2.05, 4.69) is 20.8 Å². The van der Waals surface area contributed by atoms with Crippen molar-refractivity contribution in [2.45, 2.75) is 31.8 Å². The number of nitrogens with one attached hydrogen (secondary N) is 1. The number of thiophene rings is 1. The third-order valence-corrected chi connectivity index (χ3v) is 4.74. The number of rotatable bonds is 4. The maximum atomic E-state index is 12.3. The van der Waals surface area contributed by atoms with Gasteiger partial charge in [-0.3, -0.25) is 4.79 Å². The number of carbonyl (C=O) groups excluding carboxylic acids is 1. The first-order valence-electron chi connectivity index (χ1n) is 7.03. The van der Waals surface area contributed by atoms with Crippen LogP contribution < -0.4 is 5.32 Å². The van der Waals surface area contributed by atoms with Gasteiger partial charge in [-0.25, -0.2) is 0 Å². The molecular weight excluding hydrogens is 290 g/mol. The number of tetrazole rings is 1. The average Bonchev–Trinajstić information content (AvgIpc) is 3.16. The fourth-order valence-electron chi connectivity index (χ4n) is 2.65. The summed E-state index contributed by atoms with van der Waals surface area (Å²) >= 11 is 1.35. The molecule has 2 aromatic rings. The lowest BCUT2D eigenvalue weighted by Gasteiger charge is -2.27. The van der Waals surface area contributed by atoms with Gasteiger partial charge in [0.05, 0.1) is 11.8 Å². The zero-order valence-electron chi connectivity index (χ0n) is 11.5. The SMILES string of the molecule is O=C(NCC1CCCCC1O)c1sccc1-n1cnnn1. The first kappa shape index (κ1) is 14.2. The van der Waals surface area contributed by atoms with Crippen molar-refractivity contribution in [3.05, 3.63) is 22.7 Å². The Hall–Kier alpha value is -1.80. The number of aliphatic hydroxyl groups is 1. The van der Waals surface area contributed by atoms with E-state index in [9.17, 15) is 9.90 Å².